The number of carboxylic acid groups (broad SMARTS) is 1. The summed E-state index contributed by atoms with van der Waals surface area (Å²) in [6.07, 6.45) is 2.64. The number of thiophene rings is 1. The van der Waals surface area contributed by atoms with Crippen molar-refractivity contribution in [2.45, 2.75) is 6.61 Å². The zero-order valence-corrected chi connectivity index (χ0v) is 11.3. The molecule has 0 bridgehead atoms. The lowest BCUT2D eigenvalue weighted by Crippen LogP contribution is -1.95. The fourth-order valence-electron chi connectivity index (χ4n) is 1.58. The molecule has 1 N–H and O–H groups in total. The predicted octanol–water partition coefficient (Wildman–Crippen LogP) is 3.30. The second kappa shape index (κ2) is 6.55. The molecular formula is C15H11NO3S. The second-order valence-electron chi connectivity index (χ2n) is 3.90. The van der Waals surface area contributed by atoms with Gasteiger partial charge in [-0.05, 0) is 41.3 Å². The largest absolute Gasteiger partial charge is 0.488 e. The normalized spacial score (nSPS) is 10.3. The predicted molar refractivity (Wildman–Crippen MR) is 76.5 cm³/mol. The first kappa shape index (κ1) is 13.8. The maximum absolute atomic E-state index is 10.5. The van der Waals surface area contributed by atoms with Gasteiger partial charge in [0.2, 0.25) is 0 Å². The summed E-state index contributed by atoms with van der Waals surface area (Å²) >= 11 is 1.50. The fourth-order valence-corrected chi connectivity index (χ4v) is 2.36. The molecule has 2 aromatic rings. The number of benzene rings is 1. The van der Waals surface area contributed by atoms with Crippen LogP contribution in [0, 0.1) is 11.3 Å². The Bertz CT molecular complexity index is 682. The molecule has 1 heterocycles. The summed E-state index contributed by atoms with van der Waals surface area (Å²) in [5, 5.41) is 19.3. The molecule has 0 fully saturated rings. The van der Waals surface area contributed by atoms with E-state index in [9.17, 15) is 4.79 Å². The van der Waals surface area contributed by atoms with E-state index in [0.717, 1.165) is 16.5 Å². The molecule has 1 aromatic carbocycles. The molecular weight excluding hydrogens is 274 g/mol. The van der Waals surface area contributed by atoms with Crippen LogP contribution in [0.4, 0.5) is 0 Å². The van der Waals surface area contributed by atoms with Gasteiger partial charge in [0.15, 0.2) is 0 Å². The average molecular weight is 285 g/mol. The van der Waals surface area contributed by atoms with Crippen LogP contribution in [0.25, 0.3) is 6.08 Å². The first-order valence-corrected chi connectivity index (χ1v) is 6.67. The van der Waals surface area contributed by atoms with Crippen molar-refractivity contribution in [1.29, 1.82) is 5.26 Å². The maximum atomic E-state index is 10.5. The number of rotatable bonds is 5. The number of nitrogens with zero attached hydrogens (tertiary/aromatic N) is 1. The van der Waals surface area contributed by atoms with Gasteiger partial charge in [-0.15, -0.1) is 11.3 Å². The van der Waals surface area contributed by atoms with E-state index >= 15 is 0 Å². The zero-order chi connectivity index (χ0) is 14.4. The van der Waals surface area contributed by atoms with Crippen LogP contribution < -0.4 is 4.74 Å². The molecule has 5 heteroatoms. The molecule has 4 nitrogen and oxygen atoms in total. The van der Waals surface area contributed by atoms with Crippen molar-refractivity contribution < 1.29 is 14.6 Å². The molecule has 0 atom stereocenters. The highest BCUT2D eigenvalue weighted by atomic mass is 32.1. The smallest absolute Gasteiger partial charge is 0.328 e. The van der Waals surface area contributed by atoms with Gasteiger partial charge in [0.25, 0.3) is 0 Å². The minimum absolute atomic E-state index is 0.339. The highest BCUT2D eigenvalue weighted by Gasteiger charge is 2.04. The van der Waals surface area contributed by atoms with Crippen molar-refractivity contribution in [3.63, 3.8) is 0 Å². The molecule has 0 aliphatic rings. The lowest BCUT2D eigenvalue weighted by atomic mass is 10.2. The standard InChI is InChI=1S/C15H11NO3S/c16-9-11-2-1-3-13(8-11)19-10-14-12(6-7-20-14)4-5-15(17)18/h1-8H,10H2,(H,17,18). The third kappa shape index (κ3) is 3.70. The quantitative estimate of drug-likeness (QED) is 0.856. The highest BCUT2D eigenvalue weighted by molar-refractivity contribution is 7.10. The van der Waals surface area contributed by atoms with E-state index in [0.29, 0.717) is 17.9 Å². The summed E-state index contributed by atoms with van der Waals surface area (Å²) in [5.74, 6) is -0.365. The van der Waals surface area contributed by atoms with Gasteiger partial charge in [-0.2, -0.15) is 5.26 Å². The maximum Gasteiger partial charge on any atom is 0.328 e. The third-order valence-electron chi connectivity index (χ3n) is 2.52. The van der Waals surface area contributed by atoms with Crippen LogP contribution in [0.15, 0.2) is 41.8 Å². The molecule has 0 amide bonds. The molecule has 0 radical (unpaired) electrons. The Morgan fingerprint density at radius 2 is 2.30 bits per heavy atom. The van der Waals surface area contributed by atoms with Crippen molar-refractivity contribution in [1.82, 2.24) is 0 Å². The van der Waals surface area contributed by atoms with Crippen LogP contribution in [0.2, 0.25) is 0 Å². The molecule has 0 aliphatic carbocycles. The molecule has 1 aromatic heterocycles. The summed E-state index contributed by atoms with van der Waals surface area (Å²) in [4.78, 5) is 11.4. The molecule has 2 rings (SSSR count). The van der Waals surface area contributed by atoms with Gasteiger partial charge in [-0.3, -0.25) is 0 Å². The van der Waals surface area contributed by atoms with Crippen LogP contribution in [0.5, 0.6) is 5.75 Å². The lowest BCUT2D eigenvalue weighted by Gasteiger charge is -2.05. The number of carboxylic acids is 1. The van der Waals surface area contributed by atoms with Crippen molar-refractivity contribution in [3.8, 4) is 11.8 Å². The van der Waals surface area contributed by atoms with Gasteiger partial charge in [0, 0.05) is 11.0 Å². The summed E-state index contributed by atoms with van der Waals surface area (Å²) < 4.78 is 5.62. The number of hydrogen-bond donors (Lipinski definition) is 1. The molecule has 0 saturated carbocycles. The topological polar surface area (TPSA) is 70.3 Å². The van der Waals surface area contributed by atoms with Crippen LogP contribution in [0.1, 0.15) is 16.0 Å². The van der Waals surface area contributed by atoms with Crippen molar-refractivity contribution in [3.05, 3.63) is 57.8 Å². The van der Waals surface area contributed by atoms with Crippen LogP contribution in [-0.2, 0) is 11.4 Å². The van der Waals surface area contributed by atoms with Gasteiger partial charge < -0.3 is 9.84 Å². The van der Waals surface area contributed by atoms with E-state index in [-0.39, 0.29) is 0 Å². The number of nitriles is 1. The monoisotopic (exact) mass is 285 g/mol. The second-order valence-corrected chi connectivity index (χ2v) is 4.90. The Labute approximate surface area is 120 Å². The van der Waals surface area contributed by atoms with E-state index in [1.54, 1.807) is 30.3 Å². The Balaban J connectivity index is 2.06. The SMILES string of the molecule is N#Cc1cccc(OCc2sccc2C=CC(=O)O)c1. The number of aliphatic carboxylic acids is 1. The summed E-state index contributed by atoms with van der Waals surface area (Å²) in [5.41, 5.74) is 1.37. The molecule has 0 aliphatic heterocycles. The molecule has 20 heavy (non-hydrogen) atoms. The Morgan fingerprint density at radius 1 is 1.45 bits per heavy atom. The average Bonchev–Trinajstić information content (AvgIpc) is 2.90. The van der Waals surface area contributed by atoms with E-state index in [4.69, 9.17) is 15.1 Å². The zero-order valence-electron chi connectivity index (χ0n) is 10.4. The van der Waals surface area contributed by atoms with Crippen LogP contribution in [0.3, 0.4) is 0 Å². The van der Waals surface area contributed by atoms with Gasteiger partial charge in [-0.25, -0.2) is 4.79 Å². The molecule has 0 saturated heterocycles. The molecule has 0 unspecified atom stereocenters. The van der Waals surface area contributed by atoms with Gasteiger partial charge in [-0.1, -0.05) is 6.07 Å². The highest BCUT2D eigenvalue weighted by Crippen LogP contribution is 2.21. The Hall–Kier alpha value is -2.58. The van der Waals surface area contributed by atoms with Crippen molar-refractivity contribution in [2.75, 3.05) is 0 Å². The lowest BCUT2D eigenvalue weighted by molar-refractivity contribution is -0.131. The van der Waals surface area contributed by atoms with E-state index in [1.165, 1.54) is 11.3 Å². The molecule has 0 spiro atoms. The summed E-state index contributed by atoms with van der Waals surface area (Å²) in [6, 6.07) is 10.8. The van der Waals surface area contributed by atoms with Crippen molar-refractivity contribution >= 4 is 23.4 Å². The summed E-state index contributed by atoms with van der Waals surface area (Å²) in [6.45, 7) is 0.339. The van der Waals surface area contributed by atoms with Gasteiger partial charge in [0.1, 0.15) is 12.4 Å². The minimum Gasteiger partial charge on any atom is -0.488 e. The Morgan fingerprint density at radius 3 is 3.05 bits per heavy atom. The van der Waals surface area contributed by atoms with Crippen molar-refractivity contribution in [2.24, 2.45) is 0 Å². The van der Waals surface area contributed by atoms with Gasteiger partial charge >= 0.3 is 5.97 Å². The van der Waals surface area contributed by atoms with E-state index in [2.05, 4.69) is 6.07 Å². The first-order valence-electron chi connectivity index (χ1n) is 5.79. The molecule has 100 valence electrons. The number of ether oxygens (including phenoxy) is 1. The van der Waals surface area contributed by atoms with Gasteiger partial charge in [0.05, 0.1) is 11.6 Å². The minimum atomic E-state index is -0.982. The van der Waals surface area contributed by atoms with E-state index in [1.807, 2.05) is 11.4 Å². The summed E-state index contributed by atoms with van der Waals surface area (Å²) in [7, 11) is 0. The third-order valence-corrected chi connectivity index (χ3v) is 3.43. The van der Waals surface area contributed by atoms with Crippen LogP contribution in [-0.4, -0.2) is 11.1 Å². The number of carbonyl (C=O) groups is 1. The van der Waals surface area contributed by atoms with Crippen LogP contribution >= 0.6 is 11.3 Å². The Kier molecular flexibility index (Phi) is 4.53. The first-order chi connectivity index (χ1) is 9.69. The van der Waals surface area contributed by atoms with E-state index < -0.39 is 5.97 Å². The number of hydrogen-bond acceptors (Lipinski definition) is 4. The fraction of sp³-hybridized carbons (Fsp3) is 0.0667.